The Morgan fingerprint density at radius 2 is 1.91 bits per heavy atom. The molecular weight excluding hydrogens is 427 g/mol. The van der Waals surface area contributed by atoms with E-state index >= 15 is 0 Å². The first-order chi connectivity index (χ1) is 15.4. The van der Waals surface area contributed by atoms with Crippen molar-refractivity contribution in [1.82, 2.24) is 20.0 Å². The van der Waals surface area contributed by atoms with Crippen LogP contribution in [0.15, 0.2) is 36.8 Å². The Kier molecular flexibility index (Phi) is 5.49. The summed E-state index contributed by atoms with van der Waals surface area (Å²) in [5, 5.41) is 6.39. The lowest BCUT2D eigenvalue weighted by molar-refractivity contribution is -0.127. The Morgan fingerprint density at radius 3 is 2.56 bits per heavy atom. The summed E-state index contributed by atoms with van der Waals surface area (Å²) in [6.45, 7) is 1.90. The molecule has 5 rings (SSSR count). The minimum atomic E-state index is -0.343. The minimum absolute atomic E-state index is 0.0559. The van der Waals surface area contributed by atoms with Crippen LogP contribution < -0.4 is 10.6 Å². The van der Waals surface area contributed by atoms with Crippen molar-refractivity contribution >= 4 is 28.1 Å². The molecule has 0 bridgehead atoms. The zero-order valence-corrected chi connectivity index (χ0v) is 18.9. The lowest BCUT2D eigenvalue weighted by Gasteiger charge is -2.30. The van der Waals surface area contributed by atoms with Crippen LogP contribution in [0.1, 0.15) is 59.3 Å². The number of carbonyl (C=O) groups is 2. The normalized spacial score (nSPS) is 21.9. The summed E-state index contributed by atoms with van der Waals surface area (Å²) in [6, 6.07) is 5.08. The van der Waals surface area contributed by atoms with E-state index in [2.05, 4.69) is 15.6 Å². The van der Waals surface area contributed by atoms with Gasteiger partial charge in [-0.3, -0.25) is 14.0 Å². The molecule has 0 spiro atoms. The summed E-state index contributed by atoms with van der Waals surface area (Å²) < 4.78 is 15.3. The fourth-order valence-corrected chi connectivity index (χ4v) is 5.51. The van der Waals surface area contributed by atoms with Crippen LogP contribution in [0.3, 0.4) is 0 Å². The number of aryl methyl sites for hydroxylation is 1. The molecule has 3 aromatic rings. The molecule has 0 atom stereocenters. The van der Waals surface area contributed by atoms with Crippen LogP contribution in [0.2, 0.25) is 0 Å². The van der Waals surface area contributed by atoms with Crippen molar-refractivity contribution in [2.45, 2.75) is 64.0 Å². The molecule has 2 aliphatic carbocycles. The Balaban J connectivity index is 1.11. The van der Waals surface area contributed by atoms with Gasteiger partial charge in [-0.25, -0.2) is 9.37 Å². The number of aromatic nitrogens is 2. The number of nitrogens with zero attached hydrogens (tertiary/aromatic N) is 2. The summed E-state index contributed by atoms with van der Waals surface area (Å²) in [7, 11) is 0. The average molecular weight is 455 g/mol. The van der Waals surface area contributed by atoms with E-state index in [0.29, 0.717) is 11.3 Å². The number of amides is 2. The first-order valence-electron chi connectivity index (χ1n) is 11.2. The lowest BCUT2D eigenvalue weighted by atomic mass is 9.89. The Labute approximate surface area is 190 Å². The summed E-state index contributed by atoms with van der Waals surface area (Å²) in [5.74, 6) is -0.173. The summed E-state index contributed by atoms with van der Waals surface area (Å²) in [4.78, 5) is 31.3. The van der Waals surface area contributed by atoms with Gasteiger partial charge in [-0.1, -0.05) is 17.4 Å². The van der Waals surface area contributed by atoms with E-state index in [1.54, 1.807) is 12.3 Å². The predicted molar refractivity (Wildman–Crippen MR) is 121 cm³/mol. The molecule has 2 saturated carbocycles. The van der Waals surface area contributed by atoms with Gasteiger partial charge in [0.15, 0.2) is 4.96 Å². The maximum atomic E-state index is 13.4. The molecule has 2 fully saturated rings. The summed E-state index contributed by atoms with van der Waals surface area (Å²) in [5.41, 5.74) is 1.61. The van der Waals surface area contributed by atoms with Crippen LogP contribution in [0.25, 0.3) is 4.96 Å². The standard InChI is InChI=1S/C24H27FN4O2S/c1-15-12-17(25)3-2-16(15)13-24(8-9-24)22(31)28-19-6-4-18(5-7-19)27-21(30)20-14-29-11-10-26-23(29)32-20/h2-3,10-12,14,18-19H,4-9,13H2,1H3,(H,27,30)(H,28,31). The number of carbonyl (C=O) groups excluding carboxylic acids is 2. The highest BCUT2D eigenvalue weighted by molar-refractivity contribution is 7.18. The molecule has 0 unspecified atom stereocenters. The van der Waals surface area contributed by atoms with Gasteiger partial charge in [-0.2, -0.15) is 0 Å². The van der Waals surface area contributed by atoms with E-state index in [0.717, 1.165) is 54.6 Å². The van der Waals surface area contributed by atoms with Gasteiger partial charge in [0.2, 0.25) is 5.91 Å². The van der Waals surface area contributed by atoms with Crippen LogP contribution in [-0.4, -0.2) is 33.3 Å². The number of benzene rings is 1. The van der Waals surface area contributed by atoms with Crippen LogP contribution in [0.4, 0.5) is 4.39 Å². The largest absolute Gasteiger partial charge is 0.353 e. The van der Waals surface area contributed by atoms with E-state index in [1.807, 2.05) is 23.7 Å². The highest BCUT2D eigenvalue weighted by atomic mass is 32.1. The smallest absolute Gasteiger partial charge is 0.263 e. The molecule has 8 heteroatoms. The Bertz CT molecular complexity index is 1130. The van der Waals surface area contributed by atoms with E-state index in [4.69, 9.17) is 0 Å². The van der Waals surface area contributed by atoms with Gasteiger partial charge in [-0.05, 0) is 75.1 Å². The van der Waals surface area contributed by atoms with E-state index in [-0.39, 0.29) is 35.1 Å². The SMILES string of the molecule is Cc1cc(F)ccc1CC1(C(=O)NC2CCC(NC(=O)c3cn4ccnc4s3)CC2)CC1. The molecule has 2 aromatic heterocycles. The minimum Gasteiger partial charge on any atom is -0.353 e. The molecule has 2 amide bonds. The van der Waals surface area contributed by atoms with Gasteiger partial charge >= 0.3 is 0 Å². The molecule has 1 aromatic carbocycles. The molecule has 0 radical (unpaired) electrons. The zero-order valence-electron chi connectivity index (χ0n) is 18.1. The molecular formula is C24H27FN4O2S. The van der Waals surface area contributed by atoms with Crippen LogP contribution in [0, 0.1) is 18.2 Å². The van der Waals surface area contributed by atoms with Gasteiger partial charge in [0.05, 0.1) is 5.41 Å². The van der Waals surface area contributed by atoms with E-state index < -0.39 is 0 Å². The van der Waals surface area contributed by atoms with Gasteiger partial charge in [0.25, 0.3) is 5.91 Å². The highest BCUT2D eigenvalue weighted by Crippen LogP contribution is 2.49. The van der Waals surface area contributed by atoms with Crippen LogP contribution in [-0.2, 0) is 11.2 Å². The molecule has 6 nitrogen and oxygen atoms in total. The van der Waals surface area contributed by atoms with Crippen LogP contribution in [0.5, 0.6) is 0 Å². The van der Waals surface area contributed by atoms with Crippen molar-refractivity contribution in [2.24, 2.45) is 5.41 Å². The second kappa shape index (κ2) is 8.31. The Morgan fingerprint density at radius 1 is 1.19 bits per heavy atom. The third-order valence-electron chi connectivity index (χ3n) is 6.88. The molecule has 2 heterocycles. The fraction of sp³-hybridized carbons (Fsp3) is 0.458. The molecule has 2 aliphatic rings. The van der Waals surface area contributed by atoms with Gasteiger partial charge in [-0.15, -0.1) is 0 Å². The first-order valence-corrected chi connectivity index (χ1v) is 12.0. The molecule has 0 aliphatic heterocycles. The van der Waals surface area contributed by atoms with Gasteiger partial charge in [0.1, 0.15) is 10.7 Å². The van der Waals surface area contributed by atoms with Crippen molar-refractivity contribution in [1.29, 1.82) is 0 Å². The molecule has 2 N–H and O–H groups in total. The number of imidazole rings is 1. The third kappa shape index (κ3) is 4.28. The number of hydrogen-bond donors (Lipinski definition) is 2. The number of thiazole rings is 1. The molecule has 32 heavy (non-hydrogen) atoms. The maximum Gasteiger partial charge on any atom is 0.263 e. The maximum absolute atomic E-state index is 13.4. The van der Waals surface area contributed by atoms with Crippen molar-refractivity contribution in [2.75, 3.05) is 0 Å². The van der Waals surface area contributed by atoms with Crippen molar-refractivity contribution < 1.29 is 14.0 Å². The highest BCUT2D eigenvalue weighted by Gasteiger charge is 2.50. The van der Waals surface area contributed by atoms with Crippen molar-refractivity contribution in [3.05, 3.63) is 58.6 Å². The lowest BCUT2D eigenvalue weighted by Crippen LogP contribution is -2.46. The quantitative estimate of drug-likeness (QED) is 0.591. The monoisotopic (exact) mass is 454 g/mol. The number of rotatable bonds is 6. The molecule has 168 valence electrons. The number of hydrogen-bond acceptors (Lipinski definition) is 4. The van der Waals surface area contributed by atoms with Gasteiger partial charge < -0.3 is 10.6 Å². The summed E-state index contributed by atoms with van der Waals surface area (Å²) >= 11 is 1.38. The fourth-order valence-electron chi connectivity index (χ4n) is 4.67. The third-order valence-corrected chi connectivity index (χ3v) is 7.89. The topological polar surface area (TPSA) is 75.5 Å². The molecule has 0 saturated heterocycles. The second-order valence-electron chi connectivity index (χ2n) is 9.24. The first kappa shape index (κ1) is 21.1. The van der Waals surface area contributed by atoms with Crippen molar-refractivity contribution in [3.8, 4) is 0 Å². The average Bonchev–Trinajstić information content (AvgIpc) is 3.22. The number of fused-ring (bicyclic) bond motifs is 1. The second-order valence-corrected chi connectivity index (χ2v) is 10.2. The number of nitrogens with one attached hydrogen (secondary N) is 2. The number of halogens is 1. The summed E-state index contributed by atoms with van der Waals surface area (Å²) in [6.07, 6.45) is 11.2. The van der Waals surface area contributed by atoms with E-state index in [9.17, 15) is 14.0 Å². The predicted octanol–water partition coefficient (Wildman–Crippen LogP) is 4.02. The van der Waals surface area contributed by atoms with Crippen molar-refractivity contribution in [3.63, 3.8) is 0 Å². The zero-order chi connectivity index (χ0) is 22.3. The van der Waals surface area contributed by atoms with Gasteiger partial charge in [0, 0.05) is 30.7 Å². The Hall–Kier alpha value is -2.74. The van der Waals surface area contributed by atoms with E-state index in [1.165, 1.54) is 23.5 Å². The van der Waals surface area contributed by atoms with Crippen LogP contribution >= 0.6 is 11.3 Å².